The number of benzene rings is 1. The third-order valence-corrected chi connectivity index (χ3v) is 1.82. The summed E-state index contributed by atoms with van der Waals surface area (Å²) >= 11 is 0. The lowest BCUT2D eigenvalue weighted by atomic mass is 10.1. The molecule has 4 heteroatoms. The minimum atomic E-state index is -0.611. The quantitative estimate of drug-likeness (QED) is 0.756. The van der Waals surface area contributed by atoms with E-state index in [4.69, 9.17) is 0 Å². The van der Waals surface area contributed by atoms with Crippen LogP contribution in [0.3, 0.4) is 0 Å². The van der Waals surface area contributed by atoms with Crippen LogP contribution in [0.4, 0.5) is 8.78 Å². The van der Waals surface area contributed by atoms with Gasteiger partial charge in [0.1, 0.15) is 11.6 Å². The first-order valence-corrected chi connectivity index (χ1v) is 4.47. The minimum Gasteiger partial charge on any atom is -0.352 e. The predicted molar refractivity (Wildman–Crippen MR) is 53.3 cm³/mol. The summed E-state index contributed by atoms with van der Waals surface area (Å²) in [4.78, 5) is 10.8. The Hall–Kier alpha value is -1.71. The summed E-state index contributed by atoms with van der Waals surface area (Å²) in [5.74, 6) is -1.52. The highest BCUT2D eigenvalue weighted by molar-refractivity contribution is 5.86. The van der Waals surface area contributed by atoms with E-state index in [1.165, 1.54) is 12.1 Å². The van der Waals surface area contributed by atoms with E-state index in [9.17, 15) is 13.6 Å². The molecule has 1 aromatic carbocycles. The summed E-state index contributed by atoms with van der Waals surface area (Å²) in [6.45, 7) is 3.61. The van der Waals surface area contributed by atoms with Crippen molar-refractivity contribution in [3.8, 4) is 0 Å². The van der Waals surface area contributed by atoms with Crippen molar-refractivity contribution in [2.45, 2.75) is 6.42 Å². The maximum atomic E-state index is 12.7. The van der Waals surface area contributed by atoms with Crippen LogP contribution < -0.4 is 5.32 Å². The SMILES string of the molecule is C=CC(=O)NCCc1cc(F)cc(F)c1. The zero-order valence-corrected chi connectivity index (χ0v) is 8.09. The minimum absolute atomic E-state index is 0.299. The van der Waals surface area contributed by atoms with Crippen LogP contribution in [0.5, 0.6) is 0 Å². The average Bonchev–Trinajstić information content (AvgIpc) is 2.16. The van der Waals surface area contributed by atoms with E-state index in [1.54, 1.807) is 0 Å². The van der Waals surface area contributed by atoms with Gasteiger partial charge < -0.3 is 5.32 Å². The summed E-state index contributed by atoms with van der Waals surface area (Å²) in [5, 5.41) is 2.52. The molecule has 15 heavy (non-hydrogen) atoms. The van der Waals surface area contributed by atoms with Crippen molar-refractivity contribution in [3.05, 3.63) is 48.1 Å². The molecule has 1 N–H and O–H groups in total. The second-order valence-electron chi connectivity index (χ2n) is 3.02. The monoisotopic (exact) mass is 211 g/mol. The van der Waals surface area contributed by atoms with Crippen molar-refractivity contribution in [1.29, 1.82) is 0 Å². The summed E-state index contributed by atoms with van der Waals surface area (Å²) < 4.78 is 25.5. The highest BCUT2D eigenvalue weighted by atomic mass is 19.1. The van der Waals surface area contributed by atoms with Crippen LogP contribution in [0.2, 0.25) is 0 Å². The van der Waals surface area contributed by atoms with Gasteiger partial charge in [0.2, 0.25) is 5.91 Å². The van der Waals surface area contributed by atoms with Crippen molar-refractivity contribution in [2.24, 2.45) is 0 Å². The molecule has 0 aliphatic carbocycles. The Balaban J connectivity index is 2.50. The van der Waals surface area contributed by atoms with Gasteiger partial charge in [0.05, 0.1) is 0 Å². The lowest BCUT2D eigenvalue weighted by Crippen LogP contribution is -2.23. The van der Waals surface area contributed by atoms with Crippen molar-refractivity contribution in [3.63, 3.8) is 0 Å². The topological polar surface area (TPSA) is 29.1 Å². The molecule has 0 aliphatic heterocycles. The van der Waals surface area contributed by atoms with Gasteiger partial charge in [0, 0.05) is 12.6 Å². The van der Waals surface area contributed by atoms with Crippen LogP contribution in [0, 0.1) is 11.6 Å². The molecular formula is C11H11F2NO. The van der Waals surface area contributed by atoms with Gasteiger partial charge in [-0.3, -0.25) is 4.79 Å². The van der Waals surface area contributed by atoms with Crippen LogP contribution in [0.1, 0.15) is 5.56 Å². The Morgan fingerprint density at radius 3 is 2.47 bits per heavy atom. The van der Waals surface area contributed by atoms with Crippen LogP contribution in [-0.2, 0) is 11.2 Å². The molecule has 2 nitrogen and oxygen atoms in total. The highest BCUT2D eigenvalue weighted by Crippen LogP contribution is 2.07. The number of hydrogen-bond acceptors (Lipinski definition) is 1. The first-order valence-electron chi connectivity index (χ1n) is 4.47. The molecule has 0 radical (unpaired) electrons. The van der Waals surface area contributed by atoms with E-state index >= 15 is 0 Å². The largest absolute Gasteiger partial charge is 0.352 e. The fourth-order valence-electron chi connectivity index (χ4n) is 1.16. The molecule has 80 valence electrons. The number of nitrogens with one attached hydrogen (secondary N) is 1. The van der Waals surface area contributed by atoms with Crippen LogP contribution in [0.15, 0.2) is 30.9 Å². The third kappa shape index (κ3) is 3.89. The van der Waals surface area contributed by atoms with E-state index in [0.29, 0.717) is 18.5 Å². The van der Waals surface area contributed by atoms with Crippen LogP contribution in [-0.4, -0.2) is 12.5 Å². The number of carbonyl (C=O) groups is 1. The molecule has 0 spiro atoms. The normalized spacial score (nSPS) is 9.73. The maximum Gasteiger partial charge on any atom is 0.243 e. The van der Waals surface area contributed by atoms with E-state index in [2.05, 4.69) is 11.9 Å². The van der Waals surface area contributed by atoms with Crippen molar-refractivity contribution < 1.29 is 13.6 Å². The van der Waals surface area contributed by atoms with Crippen molar-refractivity contribution in [1.82, 2.24) is 5.32 Å². The third-order valence-electron chi connectivity index (χ3n) is 1.82. The lowest BCUT2D eigenvalue weighted by Gasteiger charge is -2.03. The second-order valence-corrected chi connectivity index (χ2v) is 3.02. The number of halogens is 2. The number of carbonyl (C=O) groups excluding carboxylic acids is 1. The number of hydrogen-bond donors (Lipinski definition) is 1. The lowest BCUT2D eigenvalue weighted by molar-refractivity contribution is -0.116. The zero-order valence-electron chi connectivity index (χ0n) is 8.09. The van der Waals surface area contributed by atoms with E-state index in [0.717, 1.165) is 12.1 Å². The first kappa shape index (κ1) is 11.4. The van der Waals surface area contributed by atoms with Gasteiger partial charge in [0.15, 0.2) is 0 Å². The molecule has 0 bridgehead atoms. The maximum absolute atomic E-state index is 12.7. The molecule has 1 rings (SSSR count). The van der Waals surface area contributed by atoms with Gasteiger partial charge >= 0.3 is 0 Å². The van der Waals surface area contributed by atoms with Crippen LogP contribution in [0.25, 0.3) is 0 Å². The molecule has 0 saturated carbocycles. The summed E-state index contributed by atoms with van der Waals surface area (Å²) in [5.41, 5.74) is 0.511. The van der Waals surface area contributed by atoms with E-state index in [-0.39, 0.29) is 5.91 Å². The van der Waals surface area contributed by atoms with Crippen molar-refractivity contribution >= 4 is 5.91 Å². The first-order chi connectivity index (χ1) is 7.11. The summed E-state index contributed by atoms with van der Waals surface area (Å²) in [6, 6.07) is 3.29. The Morgan fingerprint density at radius 2 is 1.93 bits per heavy atom. The molecule has 1 amide bonds. The van der Waals surface area contributed by atoms with Crippen LogP contribution >= 0.6 is 0 Å². The molecule has 0 saturated heterocycles. The van der Waals surface area contributed by atoms with Gasteiger partial charge in [0.25, 0.3) is 0 Å². The van der Waals surface area contributed by atoms with Gasteiger partial charge in [-0.05, 0) is 30.2 Å². The summed E-state index contributed by atoms with van der Waals surface area (Å²) in [6.07, 6.45) is 1.53. The van der Waals surface area contributed by atoms with Gasteiger partial charge in [-0.1, -0.05) is 6.58 Å². The molecule has 0 atom stereocenters. The van der Waals surface area contributed by atoms with E-state index < -0.39 is 11.6 Å². The number of amides is 1. The molecular weight excluding hydrogens is 200 g/mol. The fraction of sp³-hybridized carbons (Fsp3) is 0.182. The van der Waals surface area contributed by atoms with Crippen molar-refractivity contribution in [2.75, 3.05) is 6.54 Å². The second kappa shape index (κ2) is 5.24. The fourth-order valence-corrected chi connectivity index (χ4v) is 1.16. The van der Waals surface area contributed by atoms with Gasteiger partial charge in [-0.2, -0.15) is 0 Å². The highest BCUT2D eigenvalue weighted by Gasteiger charge is 2.00. The summed E-state index contributed by atoms with van der Waals surface area (Å²) in [7, 11) is 0. The molecule has 0 fully saturated rings. The van der Waals surface area contributed by atoms with Gasteiger partial charge in [-0.15, -0.1) is 0 Å². The van der Waals surface area contributed by atoms with Gasteiger partial charge in [-0.25, -0.2) is 8.78 Å². The zero-order chi connectivity index (χ0) is 11.3. The molecule has 1 aromatic rings. The predicted octanol–water partition coefficient (Wildman–Crippen LogP) is 1.81. The Labute approximate surface area is 86.6 Å². The Morgan fingerprint density at radius 1 is 1.33 bits per heavy atom. The average molecular weight is 211 g/mol. The smallest absolute Gasteiger partial charge is 0.243 e. The molecule has 0 aliphatic rings. The van der Waals surface area contributed by atoms with E-state index in [1.807, 2.05) is 0 Å². The Bertz CT molecular complexity index is 357. The molecule has 0 aromatic heterocycles. The Kier molecular flexibility index (Phi) is 3.97. The molecule has 0 heterocycles. The standard InChI is InChI=1S/C11H11F2NO/c1-2-11(15)14-4-3-8-5-9(12)7-10(13)6-8/h2,5-7H,1,3-4H2,(H,14,15). The molecule has 0 unspecified atom stereocenters. The number of rotatable bonds is 4.